The number of rotatable bonds is 3. The van der Waals surface area contributed by atoms with Crippen LogP contribution in [-0.4, -0.2) is 0 Å². The fraction of sp³-hybridized carbons (Fsp3) is 0.300. The van der Waals surface area contributed by atoms with E-state index >= 15 is 0 Å². The van der Waals surface area contributed by atoms with E-state index in [2.05, 4.69) is 120 Å². The first-order valence-corrected chi connectivity index (χ1v) is 11.2. The van der Waals surface area contributed by atoms with Crippen molar-refractivity contribution in [2.75, 3.05) is 0 Å². The van der Waals surface area contributed by atoms with Crippen LogP contribution < -0.4 is 4.57 Å². The quantitative estimate of drug-likeness (QED) is 0.309. The Balaban J connectivity index is 1.84. The zero-order chi connectivity index (χ0) is 22.3. The van der Waals surface area contributed by atoms with Crippen molar-refractivity contribution >= 4 is 10.8 Å². The van der Waals surface area contributed by atoms with E-state index in [9.17, 15) is 0 Å². The van der Waals surface area contributed by atoms with E-state index in [1.807, 2.05) is 0 Å². The number of hydrogen-bond donors (Lipinski definition) is 0. The molecule has 158 valence electrons. The SMILES string of the molecule is Cc1cc(-c2c(C)cccc2C)ccc1-c1c2ccc(CC(C)(C)C)cc2cc[n+]1C. The number of aryl methyl sites for hydroxylation is 4. The highest BCUT2D eigenvalue weighted by atomic mass is 14.9. The molecular formula is C30H34N+. The van der Waals surface area contributed by atoms with Gasteiger partial charge in [0.1, 0.15) is 7.05 Å². The second-order valence-corrected chi connectivity index (χ2v) is 10.2. The molecule has 3 aromatic carbocycles. The van der Waals surface area contributed by atoms with Gasteiger partial charge in [-0.05, 0) is 83.5 Å². The van der Waals surface area contributed by atoms with Gasteiger partial charge in [-0.15, -0.1) is 0 Å². The summed E-state index contributed by atoms with van der Waals surface area (Å²) in [5.41, 5.74) is 10.9. The van der Waals surface area contributed by atoms with Gasteiger partial charge in [0.25, 0.3) is 0 Å². The van der Waals surface area contributed by atoms with Crippen LogP contribution >= 0.6 is 0 Å². The number of benzene rings is 3. The Morgan fingerprint density at radius 3 is 2.13 bits per heavy atom. The molecule has 0 atom stereocenters. The molecule has 1 heterocycles. The van der Waals surface area contributed by atoms with Crippen LogP contribution in [0.3, 0.4) is 0 Å². The Labute approximate surface area is 187 Å². The molecule has 1 aromatic heterocycles. The highest BCUT2D eigenvalue weighted by Crippen LogP contribution is 2.34. The maximum absolute atomic E-state index is 2.37. The van der Waals surface area contributed by atoms with E-state index in [4.69, 9.17) is 0 Å². The molecule has 1 nitrogen and oxygen atoms in total. The molecule has 0 aliphatic carbocycles. The molecule has 4 aromatic rings. The minimum atomic E-state index is 0.288. The molecule has 1 heteroatoms. The third-order valence-corrected chi connectivity index (χ3v) is 6.19. The average molecular weight is 409 g/mol. The van der Waals surface area contributed by atoms with Gasteiger partial charge in [-0.1, -0.05) is 63.2 Å². The van der Waals surface area contributed by atoms with Gasteiger partial charge in [0.05, 0.1) is 5.39 Å². The van der Waals surface area contributed by atoms with Gasteiger partial charge in [0.2, 0.25) is 5.69 Å². The number of nitrogens with zero attached hydrogens (tertiary/aromatic N) is 1. The van der Waals surface area contributed by atoms with E-state index in [1.165, 1.54) is 55.4 Å². The molecule has 0 saturated heterocycles. The lowest BCUT2D eigenvalue weighted by molar-refractivity contribution is -0.659. The van der Waals surface area contributed by atoms with Gasteiger partial charge in [0.15, 0.2) is 6.20 Å². The van der Waals surface area contributed by atoms with Crippen LogP contribution in [0.1, 0.15) is 43.0 Å². The summed E-state index contributed by atoms with van der Waals surface area (Å²) < 4.78 is 2.26. The third-order valence-electron chi connectivity index (χ3n) is 6.19. The van der Waals surface area contributed by atoms with Crippen LogP contribution in [0.5, 0.6) is 0 Å². The van der Waals surface area contributed by atoms with Crippen molar-refractivity contribution in [1.29, 1.82) is 0 Å². The second-order valence-electron chi connectivity index (χ2n) is 10.2. The number of pyridine rings is 1. The summed E-state index contributed by atoms with van der Waals surface area (Å²) in [5, 5.41) is 2.62. The van der Waals surface area contributed by atoms with Gasteiger partial charge in [0, 0.05) is 11.6 Å². The van der Waals surface area contributed by atoms with Crippen LogP contribution in [0.15, 0.2) is 66.9 Å². The summed E-state index contributed by atoms with van der Waals surface area (Å²) in [6.45, 7) is 13.5. The van der Waals surface area contributed by atoms with Gasteiger partial charge in [-0.25, -0.2) is 4.57 Å². The monoisotopic (exact) mass is 408 g/mol. The summed E-state index contributed by atoms with van der Waals surface area (Å²) in [4.78, 5) is 0. The fourth-order valence-electron chi connectivity index (χ4n) is 4.83. The maximum Gasteiger partial charge on any atom is 0.220 e. The van der Waals surface area contributed by atoms with Crippen molar-refractivity contribution in [3.63, 3.8) is 0 Å². The average Bonchev–Trinajstić information content (AvgIpc) is 2.67. The Hall–Kier alpha value is -2.93. The number of hydrogen-bond acceptors (Lipinski definition) is 0. The van der Waals surface area contributed by atoms with E-state index in [-0.39, 0.29) is 5.41 Å². The van der Waals surface area contributed by atoms with Crippen molar-refractivity contribution in [3.05, 3.63) is 89.1 Å². The molecule has 0 fully saturated rings. The van der Waals surface area contributed by atoms with Crippen molar-refractivity contribution < 1.29 is 4.57 Å². The first kappa shape index (κ1) is 21.3. The second kappa shape index (κ2) is 7.96. The summed E-state index contributed by atoms with van der Waals surface area (Å²) in [7, 11) is 2.15. The molecule has 0 unspecified atom stereocenters. The standard InChI is InChI=1S/C30H34N/c1-20-9-8-10-21(2)28(20)25-12-14-26(22(3)17-25)29-27-13-11-23(19-30(4,5)6)18-24(27)15-16-31(29)7/h8-18H,19H2,1-7H3/q+1. The minimum Gasteiger partial charge on any atom is -0.200 e. The molecule has 0 aliphatic rings. The van der Waals surface area contributed by atoms with Crippen molar-refractivity contribution in [1.82, 2.24) is 0 Å². The molecule has 0 amide bonds. The highest BCUT2D eigenvalue weighted by Gasteiger charge is 2.19. The highest BCUT2D eigenvalue weighted by molar-refractivity contribution is 5.94. The molecule has 0 radical (unpaired) electrons. The van der Waals surface area contributed by atoms with Crippen LogP contribution in [0.25, 0.3) is 33.2 Å². The largest absolute Gasteiger partial charge is 0.220 e. The third kappa shape index (κ3) is 4.28. The molecule has 0 aliphatic heterocycles. The normalized spacial score (nSPS) is 11.8. The lowest BCUT2D eigenvalue weighted by Gasteiger charge is -2.18. The lowest BCUT2D eigenvalue weighted by Crippen LogP contribution is -2.30. The van der Waals surface area contributed by atoms with E-state index in [1.54, 1.807) is 0 Å². The smallest absolute Gasteiger partial charge is 0.200 e. The van der Waals surface area contributed by atoms with E-state index in [0.29, 0.717) is 0 Å². The number of fused-ring (bicyclic) bond motifs is 1. The van der Waals surface area contributed by atoms with Gasteiger partial charge in [-0.2, -0.15) is 0 Å². The van der Waals surface area contributed by atoms with Crippen molar-refractivity contribution in [2.45, 2.75) is 48.0 Å². The maximum atomic E-state index is 2.37. The molecule has 31 heavy (non-hydrogen) atoms. The zero-order valence-corrected chi connectivity index (χ0v) is 20.0. The van der Waals surface area contributed by atoms with Crippen LogP contribution in [-0.2, 0) is 13.5 Å². The Morgan fingerprint density at radius 2 is 1.48 bits per heavy atom. The number of aromatic nitrogens is 1. The Bertz CT molecular complexity index is 1250. The Morgan fingerprint density at radius 1 is 0.774 bits per heavy atom. The topological polar surface area (TPSA) is 3.88 Å². The first-order valence-electron chi connectivity index (χ1n) is 11.2. The molecule has 0 N–H and O–H groups in total. The van der Waals surface area contributed by atoms with Crippen molar-refractivity contribution in [2.24, 2.45) is 12.5 Å². The zero-order valence-electron chi connectivity index (χ0n) is 20.0. The first-order chi connectivity index (χ1) is 14.6. The lowest BCUT2D eigenvalue weighted by atomic mass is 9.87. The fourth-order valence-corrected chi connectivity index (χ4v) is 4.83. The summed E-state index contributed by atoms with van der Waals surface area (Å²) in [5.74, 6) is 0. The van der Waals surface area contributed by atoms with Gasteiger partial charge < -0.3 is 0 Å². The van der Waals surface area contributed by atoms with Crippen LogP contribution in [0.2, 0.25) is 0 Å². The van der Waals surface area contributed by atoms with Gasteiger partial charge in [-0.3, -0.25) is 0 Å². The van der Waals surface area contributed by atoms with E-state index < -0.39 is 0 Å². The predicted molar refractivity (Wildman–Crippen MR) is 133 cm³/mol. The van der Waals surface area contributed by atoms with Crippen LogP contribution in [0.4, 0.5) is 0 Å². The Kier molecular flexibility index (Phi) is 5.47. The minimum absolute atomic E-state index is 0.288. The molecule has 4 rings (SSSR count). The predicted octanol–water partition coefficient (Wildman–Crippen LogP) is 7.51. The van der Waals surface area contributed by atoms with Crippen LogP contribution in [0, 0.1) is 26.2 Å². The molecule has 0 bridgehead atoms. The summed E-state index contributed by atoms with van der Waals surface area (Å²) >= 11 is 0. The van der Waals surface area contributed by atoms with Gasteiger partial charge >= 0.3 is 0 Å². The molecule has 0 saturated carbocycles. The van der Waals surface area contributed by atoms with Crippen molar-refractivity contribution in [3.8, 4) is 22.4 Å². The summed E-state index contributed by atoms with van der Waals surface area (Å²) in [6.07, 6.45) is 3.28. The molecular weight excluding hydrogens is 374 g/mol. The summed E-state index contributed by atoms with van der Waals surface area (Å²) in [6, 6.07) is 22.7. The molecule has 0 spiro atoms. The van der Waals surface area contributed by atoms with E-state index in [0.717, 1.165) is 6.42 Å².